The molecule has 7 heteroatoms. The van der Waals surface area contributed by atoms with Crippen LogP contribution < -0.4 is 10.6 Å². The number of ether oxygens (including phenoxy) is 1. The number of halogens is 3. The average molecular weight is 288 g/mol. The van der Waals surface area contributed by atoms with Crippen LogP contribution in [0.3, 0.4) is 0 Å². The van der Waals surface area contributed by atoms with Crippen LogP contribution in [-0.2, 0) is 15.7 Å². The SMILES string of the molecule is CC1(OCC(=O)Nc2ccccc2C(F)(F)F)CNC1. The summed E-state index contributed by atoms with van der Waals surface area (Å²) < 4.78 is 43.6. The van der Waals surface area contributed by atoms with Gasteiger partial charge in [0.05, 0.1) is 16.9 Å². The number of rotatable bonds is 4. The maximum Gasteiger partial charge on any atom is 0.418 e. The Kier molecular flexibility index (Phi) is 4.01. The van der Waals surface area contributed by atoms with Crippen LogP contribution in [0.15, 0.2) is 24.3 Å². The van der Waals surface area contributed by atoms with Gasteiger partial charge in [-0.3, -0.25) is 4.79 Å². The van der Waals surface area contributed by atoms with Crippen molar-refractivity contribution >= 4 is 11.6 Å². The molecule has 4 nitrogen and oxygen atoms in total. The fraction of sp³-hybridized carbons (Fsp3) is 0.462. The maximum atomic E-state index is 12.7. The smallest absolute Gasteiger partial charge is 0.363 e. The zero-order valence-corrected chi connectivity index (χ0v) is 10.9. The van der Waals surface area contributed by atoms with Crippen molar-refractivity contribution in [2.45, 2.75) is 18.7 Å². The van der Waals surface area contributed by atoms with E-state index < -0.39 is 23.2 Å². The summed E-state index contributed by atoms with van der Waals surface area (Å²) in [7, 11) is 0. The second-order valence-corrected chi connectivity index (χ2v) is 4.93. The Morgan fingerprint density at radius 3 is 2.60 bits per heavy atom. The predicted molar refractivity (Wildman–Crippen MR) is 67.3 cm³/mol. The van der Waals surface area contributed by atoms with E-state index in [1.807, 2.05) is 6.92 Å². The van der Waals surface area contributed by atoms with Crippen molar-refractivity contribution in [2.75, 3.05) is 25.0 Å². The van der Waals surface area contributed by atoms with Gasteiger partial charge in [-0.05, 0) is 19.1 Å². The number of amides is 1. The number of carbonyl (C=O) groups excluding carboxylic acids is 1. The van der Waals surface area contributed by atoms with Crippen molar-refractivity contribution in [1.29, 1.82) is 0 Å². The van der Waals surface area contributed by atoms with E-state index in [1.165, 1.54) is 18.2 Å². The zero-order valence-electron chi connectivity index (χ0n) is 10.9. The van der Waals surface area contributed by atoms with Crippen LogP contribution in [-0.4, -0.2) is 31.2 Å². The third-order valence-corrected chi connectivity index (χ3v) is 3.06. The van der Waals surface area contributed by atoms with E-state index in [9.17, 15) is 18.0 Å². The molecule has 0 radical (unpaired) electrons. The Morgan fingerprint density at radius 1 is 1.40 bits per heavy atom. The lowest BCUT2D eigenvalue weighted by Crippen LogP contribution is -2.59. The first-order valence-corrected chi connectivity index (χ1v) is 6.11. The van der Waals surface area contributed by atoms with Gasteiger partial charge in [-0.1, -0.05) is 12.1 Å². The number of anilines is 1. The van der Waals surface area contributed by atoms with Crippen LogP contribution in [0.5, 0.6) is 0 Å². The average Bonchev–Trinajstić information content (AvgIpc) is 2.33. The molecule has 20 heavy (non-hydrogen) atoms. The van der Waals surface area contributed by atoms with Crippen LogP contribution in [0, 0.1) is 0 Å². The van der Waals surface area contributed by atoms with E-state index >= 15 is 0 Å². The molecular formula is C13H15F3N2O2. The van der Waals surface area contributed by atoms with Gasteiger partial charge >= 0.3 is 6.18 Å². The molecule has 1 amide bonds. The van der Waals surface area contributed by atoms with Crippen LogP contribution in [0.25, 0.3) is 0 Å². The minimum Gasteiger partial charge on any atom is -0.363 e. The molecule has 0 aliphatic carbocycles. The molecule has 0 bridgehead atoms. The van der Waals surface area contributed by atoms with Gasteiger partial charge in [0.25, 0.3) is 0 Å². The Balaban J connectivity index is 1.97. The van der Waals surface area contributed by atoms with Gasteiger partial charge in [0.2, 0.25) is 5.91 Å². The van der Waals surface area contributed by atoms with Gasteiger partial charge in [0.1, 0.15) is 6.61 Å². The molecule has 0 atom stereocenters. The van der Waals surface area contributed by atoms with Gasteiger partial charge in [0, 0.05) is 13.1 Å². The van der Waals surface area contributed by atoms with Crippen molar-refractivity contribution in [3.8, 4) is 0 Å². The molecular weight excluding hydrogens is 273 g/mol. The highest BCUT2D eigenvalue weighted by molar-refractivity contribution is 5.92. The molecule has 1 saturated heterocycles. The molecule has 1 heterocycles. The lowest BCUT2D eigenvalue weighted by Gasteiger charge is -2.38. The van der Waals surface area contributed by atoms with Gasteiger partial charge in [-0.25, -0.2) is 0 Å². The number of benzene rings is 1. The van der Waals surface area contributed by atoms with Crippen LogP contribution in [0.1, 0.15) is 12.5 Å². The van der Waals surface area contributed by atoms with Crippen molar-refractivity contribution < 1.29 is 22.7 Å². The summed E-state index contributed by atoms with van der Waals surface area (Å²) in [4.78, 5) is 11.7. The van der Waals surface area contributed by atoms with E-state index in [1.54, 1.807) is 0 Å². The normalized spacial score (nSPS) is 17.4. The second kappa shape index (κ2) is 5.41. The fourth-order valence-electron chi connectivity index (χ4n) is 1.84. The Hall–Kier alpha value is -1.60. The summed E-state index contributed by atoms with van der Waals surface area (Å²) >= 11 is 0. The van der Waals surface area contributed by atoms with Crippen molar-refractivity contribution in [3.63, 3.8) is 0 Å². The van der Waals surface area contributed by atoms with E-state index in [2.05, 4.69) is 10.6 Å². The highest BCUT2D eigenvalue weighted by Crippen LogP contribution is 2.34. The molecule has 1 aliphatic rings. The Labute approximate surface area is 114 Å². The summed E-state index contributed by atoms with van der Waals surface area (Å²) in [6.45, 7) is 2.81. The van der Waals surface area contributed by atoms with Crippen molar-refractivity contribution in [1.82, 2.24) is 5.32 Å². The zero-order chi connectivity index (χ0) is 14.8. The molecule has 0 aromatic heterocycles. The Bertz CT molecular complexity index is 499. The van der Waals surface area contributed by atoms with Gasteiger partial charge in [0.15, 0.2) is 0 Å². The first-order valence-electron chi connectivity index (χ1n) is 6.11. The molecule has 1 aromatic rings. The number of para-hydroxylation sites is 1. The standard InChI is InChI=1S/C13H15F3N2O2/c1-12(7-17-8-12)20-6-11(19)18-10-5-3-2-4-9(10)13(14,15)16/h2-5,17H,6-8H2,1H3,(H,18,19). The number of carbonyl (C=O) groups is 1. The summed E-state index contributed by atoms with van der Waals surface area (Å²) in [6, 6.07) is 4.85. The first kappa shape index (κ1) is 14.8. The van der Waals surface area contributed by atoms with E-state index in [-0.39, 0.29) is 12.3 Å². The first-order chi connectivity index (χ1) is 9.30. The van der Waals surface area contributed by atoms with E-state index in [0.717, 1.165) is 6.07 Å². The lowest BCUT2D eigenvalue weighted by atomic mass is 10.0. The third kappa shape index (κ3) is 3.49. The van der Waals surface area contributed by atoms with Crippen LogP contribution in [0.4, 0.5) is 18.9 Å². The molecule has 2 N–H and O–H groups in total. The van der Waals surface area contributed by atoms with Gasteiger partial charge < -0.3 is 15.4 Å². The lowest BCUT2D eigenvalue weighted by molar-refractivity contribution is -0.137. The molecule has 0 unspecified atom stereocenters. The van der Waals surface area contributed by atoms with Crippen LogP contribution in [0.2, 0.25) is 0 Å². The highest BCUT2D eigenvalue weighted by Gasteiger charge is 2.35. The molecule has 2 rings (SSSR count). The number of alkyl halides is 3. The van der Waals surface area contributed by atoms with Crippen LogP contribution >= 0.6 is 0 Å². The molecule has 0 spiro atoms. The number of nitrogens with one attached hydrogen (secondary N) is 2. The van der Waals surface area contributed by atoms with Crippen molar-refractivity contribution in [3.05, 3.63) is 29.8 Å². The van der Waals surface area contributed by atoms with Gasteiger partial charge in [-0.15, -0.1) is 0 Å². The number of hydrogen-bond acceptors (Lipinski definition) is 3. The summed E-state index contributed by atoms with van der Waals surface area (Å²) in [5.41, 5.74) is -1.55. The van der Waals surface area contributed by atoms with Crippen molar-refractivity contribution in [2.24, 2.45) is 0 Å². The summed E-state index contributed by atoms with van der Waals surface area (Å²) in [5.74, 6) is -0.602. The monoisotopic (exact) mass is 288 g/mol. The largest absolute Gasteiger partial charge is 0.418 e. The summed E-state index contributed by atoms with van der Waals surface area (Å²) in [6.07, 6.45) is -4.51. The fourth-order valence-corrected chi connectivity index (χ4v) is 1.84. The molecule has 1 fully saturated rings. The maximum absolute atomic E-state index is 12.7. The molecule has 110 valence electrons. The Morgan fingerprint density at radius 2 is 2.05 bits per heavy atom. The minimum absolute atomic E-state index is 0.259. The van der Waals surface area contributed by atoms with Gasteiger partial charge in [-0.2, -0.15) is 13.2 Å². The molecule has 1 aliphatic heterocycles. The minimum atomic E-state index is -4.51. The molecule has 0 saturated carbocycles. The quantitative estimate of drug-likeness (QED) is 0.891. The highest BCUT2D eigenvalue weighted by atomic mass is 19.4. The van der Waals surface area contributed by atoms with E-state index in [4.69, 9.17) is 4.74 Å². The third-order valence-electron chi connectivity index (χ3n) is 3.06. The predicted octanol–water partition coefficient (Wildman–Crippen LogP) is 2.02. The summed E-state index contributed by atoms with van der Waals surface area (Å²) in [5, 5.41) is 5.23. The van der Waals surface area contributed by atoms with E-state index in [0.29, 0.717) is 13.1 Å². The topological polar surface area (TPSA) is 50.4 Å². The second-order valence-electron chi connectivity index (χ2n) is 4.93. The number of hydrogen-bond donors (Lipinski definition) is 2. The molecule has 1 aromatic carbocycles.